The van der Waals surface area contributed by atoms with Gasteiger partial charge in [0, 0.05) is 10.9 Å². The molecule has 0 bridgehead atoms. The lowest BCUT2D eigenvalue weighted by Crippen LogP contribution is -2.20. The molecule has 0 aliphatic carbocycles. The number of rotatable bonds is 4. The molecule has 0 spiro atoms. The predicted molar refractivity (Wildman–Crippen MR) is 70.7 cm³/mol. The van der Waals surface area contributed by atoms with E-state index in [0.29, 0.717) is 23.1 Å². The molecule has 5 heteroatoms. The minimum Gasteiger partial charge on any atom is -0.493 e. The van der Waals surface area contributed by atoms with Gasteiger partial charge in [-0.05, 0) is 17.9 Å². The molecule has 2 aromatic rings. The molecule has 0 heterocycles. The molecule has 1 atom stereocenters. The predicted octanol–water partition coefficient (Wildman–Crippen LogP) is 4.22. The number of aliphatic hydroxyl groups is 1. The summed E-state index contributed by atoms with van der Waals surface area (Å²) in [4.78, 5) is 0. The molecule has 1 unspecified atom stereocenters. The smallest absolute Gasteiger partial charge is 0.418 e. The van der Waals surface area contributed by atoms with Crippen LogP contribution in [0.4, 0.5) is 13.2 Å². The van der Waals surface area contributed by atoms with Crippen LogP contribution in [0.25, 0.3) is 10.8 Å². The van der Waals surface area contributed by atoms with E-state index in [0.717, 1.165) is 6.42 Å². The maximum atomic E-state index is 12.8. The van der Waals surface area contributed by atoms with E-state index < -0.39 is 12.3 Å². The normalized spacial score (nSPS) is 13.4. The van der Waals surface area contributed by atoms with Gasteiger partial charge in [0.1, 0.15) is 5.75 Å². The second kappa shape index (κ2) is 5.71. The lowest BCUT2D eigenvalue weighted by atomic mass is 9.99. The van der Waals surface area contributed by atoms with Crippen LogP contribution in [0, 0.1) is 0 Å². The summed E-state index contributed by atoms with van der Waals surface area (Å²) in [5.41, 5.74) is -0.179. The van der Waals surface area contributed by atoms with Crippen LogP contribution >= 0.6 is 0 Å². The minimum absolute atomic E-state index is 0.179. The Bertz CT molecular complexity index is 588. The minimum atomic E-state index is -4.70. The van der Waals surface area contributed by atoms with Crippen LogP contribution in [0.3, 0.4) is 0 Å². The fraction of sp³-hybridized carbons (Fsp3) is 0.333. The molecule has 2 rings (SSSR count). The van der Waals surface area contributed by atoms with Crippen molar-refractivity contribution in [3.63, 3.8) is 0 Å². The van der Waals surface area contributed by atoms with Crippen molar-refractivity contribution in [2.24, 2.45) is 0 Å². The molecule has 0 saturated heterocycles. The maximum absolute atomic E-state index is 12.8. The quantitative estimate of drug-likeness (QED) is 0.910. The summed E-state index contributed by atoms with van der Waals surface area (Å²) < 4.78 is 43.8. The number of hydrogen-bond donors (Lipinski definition) is 1. The highest BCUT2D eigenvalue weighted by atomic mass is 19.4. The number of alkyl halides is 3. The number of hydrogen-bond acceptors (Lipinski definition) is 2. The van der Waals surface area contributed by atoms with E-state index in [4.69, 9.17) is 4.74 Å². The number of ether oxygens (including phenoxy) is 1. The highest BCUT2D eigenvalue weighted by molar-refractivity contribution is 5.91. The van der Waals surface area contributed by atoms with E-state index >= 15 is 0 Å². The molecule has 20 heavy (non-hydrogen) atoms. The first kappa shape index (κ1) is 14.7. The molecule has 0 amide bonds. The van der Waals surface area contributed by atoms with E-state index in [1.807, 2.05) is 6.92 Å². The van der Waals surface area contributed by atoms with Crippen molar-refractivity contribution >= 4 is 10.8 Å². The van der Waals surface area contributed by atoms with Crippen LogP contribution in [-0.4, -0.2) is 17.9 Å². The maximum Gasteiger partial charge on any atom is 0.418 e. The zero-order valence-electron chi connectivity index (χ0n) is 10.9. The Hall–Kier alpha value is -1.75. The summed E-state index contributed by atoms with van der Waals surface area (Å²) in [5.74, 6) is 0.364. The largest absolute Gasteiger partial charge is 0.493 e. The van der Waals surface area contributed by atoms with Crippen LogP contribution < -0.4 is 4.74 Å². The zero-order chi connectivity index (χ0) is 14.8. The fourth-order valence-electron chi connectivity index (χ4n) is 2.07. The molecule has 1 N–H and O–H groups in total. The Kier molecular flexibility index (Phi) is 4.18. The standard InChI is InChI=1S/C15H15F3O2/c1-2-9-20-12-8-4-6-10-5-3-7-11(13(10)12)14(19)15(16,17)18/h3-8,14,19H,2,9H2,1H3. The van der Waals surface area contributed by atoms with Gasteiger partial charge in [-0.15, -0.1) is 0 Å². The number of benzene rings is 2. The van der Waals surface area contributed by atoms with Gasteiger partial charge in [-0.3, -0.25) is 0 Å². The van der Waals surface area contributed by atoms with Gasteiger partial charge in [-0.1, -0.05) is 37.3 Å². The van der Waals surface area contributed by atoms with Gasteiger partial charge in [0.2, 0.25) is 0 Å². The van der Waals surface area contributed by atoms with Gasteiger partial charge in [-0.25, -0.2) is 0 Å². The Morgan fingerprint density at radius 3 is 2.40 bits per heavy atom. The summed E-state index contributed by atoms with van der Waals surface area (Å²) in [6, 6.07) is 9.50. The van der Waals surface area contributed by atoms with E-state index in [1.165, 1.54) is 12.1 Å². The summed E-state index contributed by atoms with van der Waals surface area (Å²) in [5, 5.41) is 10.4. The number of fused-ring (bicyclic) bond motifs is 1. The third kappa shape index (κ3) is 2.88. The summed E-state index contributed by atoms with van der Waals surface area (Å²) in [6.45, 7) is 2.33. The van der Waals surface area contributed by atoms with Gasteiger partial charge in [0.15, 0.2) is 6.10 Å². The van der Waals surface area contributed by atoms with Crippen LogP contribution in [0.5, 0.6) is 5.75 Å². The van der Waals surface area contributed by atoms with Crippen molar-refractivity contribution in [3.8, 4) is 5.75 Å². The highest BCUT2D eigenvalue weighted by Crippen LogP contribution is 2.39. The van der Waals surface area contributed by atoms with E-state index in [1.54, 1.807) is 24.3 Å². The Morgan fingerprint density at radius 2 is 1.80 bits per heavy atom. The van der Waals surface area contributed by atoms with Crippen LogP contribution in [-0.2, 0) is 0 Å². The van der Waals surface area contributed by atoms with Crippen LogP contribution in [0.2, 0.25) is 0 Å². The third-order valence-electron chi connectivity index (χ3n) is 2.97. The molecule has 2 nitrogen and oxygen atoms in total. The second-order valence-electron chi connectivity index (χ2n) is 4.49. The molecular formula is C15H15F3O2. The van der Waals surface area contributed by atoms with Crippen LogP contribution in [0.15, 0.2) is 36.4 Å². The first-order valence-electron chi connectivity index (χ1n) is 6.34. The molecule has 0 radical (unpaired) electrons. The fourth-order valence-corrected chi connectivity index (χ4v) is 2.07. The van der Waals surface area contributed by atoms with Gasteiger partial charge < -0.3 is 9.84 Å². The number of halogens is 3. The van der Waals surface area contributed by atoms with E-state index in [2.05, 4.69) is 0 Å². The SMILES string of the molecule is CCCOc1cccc2cccc(C(O)C(F)(F)F)c12. The van der Waals surface area contributed by atoms with Crippen molar-refractivity contribution < 1.29 is 23.0 Å². The Labute approximate surface area is 114 Å². The average Bonchev–Trinajstić information content (AvgIpc) is 2.42. The van der Waals surface area contributed by atoms with Crippen molar-refractivity contribution in [2.75, 3.05) is 6.61 Å². The lowest BCUT2D eigenvalue weighted by molar-refractivity contribution is -0.206. The van der Waals surface area contributed by atoms with Gasteiger partial charge in [-0.2, -0.15) is 13.2 Å². The first-order valence-corrected chi connectivity index (χ1v) is 6.34. The Balaban J connectivity index is 2.59. The van der Waals surface area contributed by atoms with Crippen LogP contribution in [0.1, 0.15) is 25.0 Å². The molecule has 0 aliphatic heterocycles. The zero-order valence-corrected chi connectivity index (χ0v) is 10.9. The van der Waals surface area contributed by atoms with Gasteiger partial charge in [0.25, 0.3) is 0 Å². The van der Waals surface area contributed by atoms with E-state index in [9.17, 15) is 18.3 Å². The molecule has 0 aliphatic rings. The highest BCUT2D eigenvalue weighted by Gasteiger charge is 2.40. The van der Waals surface area contributed by atoms with Crippen molar-refractivity contribution in [3.05, 3.63) is 42.0 Å². The van der Waals surface area contributed by atoms with Crippen molar-refractivity contribution in [1.29, 1.82) is 0 Å². The molecule has 108 valence electrons. The Morgan fingerprint density at radius 1 is 1.15 bits per heavy atom. The molecular weight excluding hydrogens is 269 g/mol. The summed E-state index contributed by atoms with van der Waals surface area (Å²) in [6.07, 6.45) is -6.47. The monoisotopic (exact) mass is 284 g/mol. The van der Waals surface area contributed by atoms with E-state index in [-0.39, 0.29) is 5.56 Å². The topological polar surface area (TPSA) is 29.5 Å². The van der Waals surface area contributed by atoms with Gasteiger partial charge in [0.05, 0.1) is 6.61 Å². The molecule has 0 fully saturated rings. The average molecular weight is 284 g/mol. The molecule has 0 saturated carbocycles. The second-order valence-corrected chi connectivity index (χ2v) is 4.49. The number of aliphatic hydroxyl groups excluding tert-OH is 1. The lowest BCUT2D eigenvalue weighted by Gasteiger charge is -2.18. The van der Waals surface area contributed by atoms with Crippen molar-refractivity contribution in [1.82, 2.24) is 0 Å². The first-order chi connectivity index (χ1) is 9.45. The third-order valence-corrected chi connectivity index (χ3v) is 2.97. The van der Waals surface area contributed by atoms with Gasteiger partial charge >= 0.3 is 6.18 Å². The molecule has 0 aromatic heterocycles. The summed E-state index contributed by atoms with van der Waals surface area (Å²) >= 11 is 0. The summed E-state index contributed by atoms with van der Waals surface area (Å²) in [7, 11) is 0. The molecule has 2 aromatic carbocycles. The van der Waals surface area contributed by atoms with Crippen molar-refractivity contribution in [2.45, 2.75) is 25.6 Å².